The van der Waals surface area contributed by atoms with Crippen molar-refractivity contribution in [3.63, 3.8) is 0 Å². The molecule has 2 atom stereocenters. The average molecular weight is 802 g/mol. The van der Waals surface area contributed by atoms with E-state index in [0.717, 1.165) is 166 Å². The molecule has 10 nitrogen and oxygen atoms in total. The van der Waals surface area contributed by atoms with Crippen LogP contribution in [0.15, 0.2) is 29.3 Å². The molecule has 2 aliphatic rings. The van der Waals surface area contributed by atoms with Crippen LogP contribution in [0.1, 0.15) is 181 Å². The van der Waals surface area contributed by atoms with Crippen LogP contribution in [0, 0.1) is 11.8 Å². The lowest BCUT2D eigenvalue weighted by molar-refractivity contribution is 0.0129. The Hall–Kier alpha value is -3.15. The molecule has 0 aliphatic carbocycles. The van der Waals surface area contributed by atoms with Gasteiger partial charge in [-0.1, -0.05) is 115 Å². The Morgan fingerprint density at radius 3 is 1.61 bits per heavy atom. The van der Waals surface area contributed by atoms with Crippen molar-refractivity contribution in [2.45, 2.75) is 187 Å². The van der Waals surface area contributed by atoms with Crippen molar-refractivity contribution in [3.8, 4) is 0 Å². The smallest absolute Gasteiger partial charge is 0.434 e. The van der Waals surface area contributed by atoms with Crippen LogP contribution in [-0.2, 0) is 28.4 Å². The van der Waals surface area contributed by atoms with Gasteiger partial charge in [0, 0.05) is 6.54 Å². The Morgan fingerprint density at radius 2 is 1.12 bits per heavy atom. The summed E-state index contributed by atoms with van der Waals surface area (Å²) in [6.45, 7) is 12.6. The number of cyclic esters (lactones) is 4. The van der Waals surface area contributed by atoms with E-state index in [1.807, 2.05) is 0 Å². The first-order chi connectivity index (χ1) is 28.0. The van der Waals surface area contributed by atoms with Gasteiger partial charge in [0.25, 0.3) is 0 Å². The molecule has 0 aromatic heterocycles. The van der Waals surface area contributed by atoms with Crippen molar-refractivity contribution >= 4 is 18.5 Å². The lowest BCUT2D eigenvalue weighted by Gasteiger charge is -2.26. The SMILES string of the molecule is C=C=C=C=C1C(CCCCC)CCOC(=O)OCCCCCCCCC(OC(=O)OCCN2CCCC2)CCCCCCCCOC(=O)OCCC1CCCCC. The summed E-state index contributed by atoms with van der Waals surface area (Å²) in [7, 11) is 0. The fourth-order valence-corrected chi connectivity index (χ4v) is 7.87. The van der Waals surface area contributed by atoms with E-state index >= 15 is 0 Å². The monoisotopic (exact) mass is 802 g/mol. The predicted molar refractivity (Wildman–Crippen MR) is 225 cm³/mol. The number of nitrogens with zero attached hydrogens (tertiary/aromatic N) is 1. The first-order valence-corrected chi connectivity index (χ1v) is 23.0. The van der Waals surface area contributed by atoms with Crippen molar-refractivity contribution < 1.29 is 42.8 Å². The van der Waals surface area contributed by atoms with E-state index < -0.39 is 18.5 Å². The predicted octanol–water partition coefficient (Wildman–Crippen LogP) is 12.6. The van der Waals surface area contributed by atoms with Gasteiger partial charge in [-0.15, -0.1) is 0 Å². The van der Waals surface area contributed by atoms with Gasteiger partial charge in [0.2, 0.25) is 0 Å². The molecule has 326 valence electrons. The molecule has 2 rings (SSSR count). The van der Waals surface area contributed by atoms with Crippen LogP contribution in [0.5, 0.6) is 0 Å². The molecule has 0 saturated carbocycles. The number of carbonyl (C=O) groups excluding carboxylic acids is 3. The highest BCUT2D eigenvalue weighted by molar-refractivity contribution is 5.60. The fraction of sp³-hybridized carbons (Fsp3) is 0.830. The molecular formula is C47H79NO9. The van der Waals surface area contributed by atoms with Gasteiger partial charge in [-0.2, -0.15) is 0 Å². The van der Waals surface area contributed by atoms with Crippen molar-refractivity contribution in [3.05, 3.63) is 29.3 Å². The Bertz CT molecular complexity index is 1130. The molecule has 0 N–H and O–H groups in total. The molecule has 0 radical (unpaired) electrons. The Kier molecular flexibility index (Phi) is 30.6. The van der Waals surface area contributed by atoms with Crippen LogP contribution < -0.4 is 0 Å². The number of ether oxygens (including phenoxy) is 6. The van der Waals surface area contributed by atoms with Crippen molar-refractivity contribution in [1.29, 1.82) is 0 Å². The molecule has 0 bridgehead atoms. The Morgan fingerprint density at radius 1 is 0.649 bits per heavy atom. The second-order valence-corrected chi connectivity index (χ2v) is 15.9. The molecule has 57 heavy (non-hydrogen) atoms. The highest BCUT2D eigenvalue weighted by Crippen LogP contribution is 2.33. The van der Waals surface area contributed by atoms with E-state index in [1.165, 1.54) is 12.8 Å². The molecule has 0 amide bonds. The minimum absolute atomic E-state index is 0.129. The number of carbonyl (C=O) groups is 3. The molecule has 2 saturated heterocycles. The van der Waals surface area contributed by atoms with Crippen molar-refractivity contribution in [2.75, 3.05) is 52.7 Å². The summed E-state index contributed by atoms with van der Waals surface area (Å²) in [5.41, 5.74) is 10.2. The molecule has 2 unspecified atom stereocenters. The number of hydrogen-bond acceptors (Lipinski definition) is 10. The van der Waals surface area contributed by atoms with Gasteiger partial charge in [0.1, 0.15) is 12.7 Å². The van der Waals surface area contributed by atoms with Gasteiger partial charge >= 0.3 is 18.5 Å². The zero-order valence-corrected chi connectivity index (χ0v) is 36.1. The highest BCUT2D eigenvalue weighted by atomic mass is 16.7. The summed E-state index contributed by atoms with van der Waals surface area (Å²) in [5.74, 6) is 0.258. The highest BCUT2D eigenvalue weighted by Gasteiger charge is 2.24. The van der Waals surface area contributed by atoms with Gasteiger partial charge in [-0.25, -0.2) is 14.4 Å². The van der Waals surface area contributed by atoms with E-state index in [1.54, 1.807) is 0 Å². The second-order valence-electron chi connectivity index (χ2n) is 15.9. The summed E-state index contributed by atoms with van der Waals surface area (Å²) in [6, 6.07) is 0. The van der Waals surface area contributed by atoms with Crippen molar-refractivity contribution in [2.24, 2.45) is 11.8 Å². The first-order valence-electron chi connectivity index (χ1n) is 23.0. The van der Waals surface area contributed by atoms with E-state index in [0.29, 0.717) is 32.7 Å². The van der Waals surface area contributed by atoms with Gasteiger partial charge in [0.05, 0.1) is 26.4 Å². The number of rotatable bonds is 12. The van der Waals surface area contributed by atoms with Crippen LogP contribution in [0.4, 0.5) is 14.4 Å². The van der Waals surface area contributed by atoms with Crippen LogP contribution in [0.2, 0.25) is 0 Å². The van der Waals surface area contributed by atoms with E-state index in [2.05, 4.69) is 42.5 Å². The number of allylic oxidation sites excluding steroid dienone is 1. The van der Waals surface area contributed by atoms with Crippen LogP contribution in [0.25, 0.3) is 0 Å². The summed E-state index contributed by atoms with van der Waals surface area (Å²) in [6.07, 6.45) is 23.9. The number of hydrogen-bond donors (Lipinski definition) is 0. The van der Waals surface area contributed by atoms with Crippen LogP contribution in [0.3, 0.4) is 0 Å². The quantitative estimate of drug-likeness (QED) is 0.0818. The lowest BCUT2D eigenvalue weighted by atomic mass is 9.79. The number of likely N-dealkylation sites (tertiary alicyclic amines) is 1. The topological polar surface area (TPSA) is 110 Å². The maximum atomic E-state index is 12.5. The first kappa shape index (κ1) is 50.0. The zero-order valence-electron chi connectivity index (χ0n) is 36.1. The molecule has 2 fully saturated rings. The standard InChI is InChI=1S/C47H79NO9/c1-4-7-18-26-41-31-38-54-45(49)52-36-24-16-12-10-14-20-28-43(57-47(51)56-40-35-48-33-22-23-34-48)29-21-15-11-13-17-25-37-53-46(50)55-39-32-42(27-19-8-5-2)44(41)30-9-6-3/h41-43H,3-5,7-8,10-29,31-40H2,1-2H3. The Labute approximate surface area is 346 Å². The minimum Gasteiger partial charge on any atom is -0.434 e. The third kappa shape index (κ3) is 26.5. The third-order valence-corrected chi connectivity index (χ3v) is 11.2. The van der Waals surface area contributed by atoms with Gasteiger partial charge in [-0.3, -0.25) is 4.90 Å². The van der Waals surface area contributed by atoms with E-state index in [-0.39, 0.29) is 31.2 Å². The fourth-order valence-electron chi connectivity index (χ4n) is 7.87. The lowest BCUT2D eigenvalue weighted by Crippen LogP contribution is -2.26. The van der Waals surface area contributed by atoms with Gasteiger partial charge in [0.15, 0.2) is 0 Å². The van der Waals surface area contributed by atoms with Crippen LogP contribution in [-0.4, -0.2) is 82.1 Å². The second kappa shape index (κ2) is 34.9. The summed E-state index contributed by atoms with van der Waals surface area (Å²) < 4.78 is 33.3. The maximum absolute atomic E-state index is 12.5. The summed E-state index contributed by atoms with van der Waals surface area (Å²) in [5, 5.41) is 0. The normalized spacial score (nSPS) is 22.9. The molecule has 10 heteroatoms. The molecular weight excluding hydrogens is 723 g/mol. The number of unbranched alkanes of at least 4 members (excludes halogenated alkanes) is 4. The largest absolute Gasteiger partial charge is 0.508 e. The Balaban J connectivity index is 1.98. The summed E-state index contributed by atoms with van der Waals surface area (Å²) in [4.78, 5) is 39.9. The molecule has 2 aliphatic heterocycles. The van der Waals surface area contributed by atoms with Gasteiger partial charge < -0.3 is 28.4 Å². The van der Waals surface area contributed by atoms with E-state index in [4.69, 9.17) is 28.4 Å². The zero-order chi connectivity index (χ0) is 41.0. The molecule has 2 heterocycles. The summed E-state index contributed by atoms with van der Waals surface area (Å²) >= 11 is 0. The minimum atomic E-state index is -0.624. The molecule has 0 aromatic carbocycles. The third-order valence-electron chi connectivity index (χ3n) is 11.2. The molecule has 0 aromatic rings. The van der Waals surface area contributed by atoms with Crippen molar-refractivity contribution in [1.82, 2.24) is 4.90 Å². The van der Waals surface area contributed by atoms with Crippen LogP contribution >= 0.6 is 0 Å². The van der Waals surface area contributed by atoms with E-state index in [9.17, 15) is 14.4 Å². The average Bonchev–Trinajstić information content (AvgIpc) is 3.72. The molecule has 0 spiro atoms. The maximum Gasteiger partial charge on any atom is 0.508 e. The van der Waals surface area contributed by atoms with Gasteiger partial charge in [-0.05, 0) is 120 Å².